The molecule has 0 amide bonds. The van der Waals surface area contributed by atoms with E-state index in [9.17, 15) is 4.39 Å². The van der Waals surface area contributed by atoms with Crippen LogP contribution in [-0.4, -0.2) is 19.2 Å². The molecular weight excluding hydrogens is 305 g/mol. The maximum absolute atomic E-state index is 14.5. The first-order valence-corrected chi connectivity index (χ1v) is 8.15. The smallest absolute Gasteiger partial charge is 0.213 e. The minimum Gasteiger partial charge on any atom is -0.497 e. The van der Waals surface area contributed by atoms with Crippen LogP contribution in [0.2, 0.25) is 0 Å². The average molecular weight is 327 g/mol. The first-order chi connectivity index (χ1) is 11.6. The summed E-state index contributed by atoms with van der Waals surface area (Å²) < 4.78 is 25.1. The predicted octanol–water partition coefficient (Wildman–Crippen LogP) is 4.90. The summed E-state index contributed by atoms with van der Waals surface area (Å²) in [6.07, 6.45) is 7.53. The zero-order valence-corrected chi connectivity index (χ0v) is 14.1. The van der Waals surface area contributed by atoms with Crippen molar-refractivity contribution in [3.05, 3.63) is 54.5 Å². The Hall–Kier alpha value is -2.36. The fourth-order valence-corrected chi connectivity index (χ4v) is 3.62. The van der Waals surface area contributed by atoms with Gasteiger partial charge in [0.25, 0.3) is 0 Å². The summed E-state index contributed by atoms with van der Waals surface area (Å²) >= 11 is 0. The highest BCUT2D eigenvalue weighted by Crippen LogP contribution is 2.47. The monoisotopic (exact) mass is 327 g/mol. The number of halogens is 1. The molecule has 0 saturated heterocycles. The van der Waals surface area contributed by atoms with Gasteiger partial charge >= 0.3 is 0 Å². The Bertz CT molecular complexity index is 751. The van der Waals surface area contributed by atoms with E-state index in [0.717, 1.165) is 42.6 Å². The van der Waals surface area contributed by atoms with E-state index in [1.54, 1.807) is 13.2 Å². The molecule has 0 atom stereocenters. The summed E-state index contributed by atoms with van der Waals surface area (Å²) in [5.41, 5.74) is 2.25. The zero-order valence-electron chi connectivity index (χ0n) is 14.1. The molecule has 0 aliphatic heterocycles. The summed E-state index contributed by atoms with van der Waals surface area (Å²) in [5.74, 6) is 0.801. The number of hydrogen-bond acceptors (Lipinski definition) is 3. The molecule has 1 fully saturated rings. The van der Waals surface area contributed by atoms with Gasteiger partial charge in [0.1, 0.15) is 11.6 Å². The highest BCUT2D eigenvalue weighted by atomic mass is 19.1. The molecule has 4 heteroatoms. The van der Waals surface area contributed by atoms with Gasteiger partial charge < -0.3 is 9.47 Å². The van der Waals surface area contributed by atoms with Crippen LogP contribution in [0.1, 0.15) is 31.2 Å². The third-order valence-electron chi connectivity index (χ3n) is 4.98. The van der Waals surface area contributed by atoms with Crippen molar-refractivity contribution in [1.82, 2.24) is 4.98 Å². The summed E-state index contributed by atoms with van der Waals surface area (Å²) in [6, 6.07) is 7.42. The topological polar surface area (TPSA) is 31.4 Å². The number of pyridine rings is 1. The van der Waals surface area contributed by atoms with Crippen molar-refractivity contribution in [2.75, 3.05) is 14.2 Å². The molecule has 0 spiro atoms. The highest BCUT2D eigenvalue weighted by Gasteiger charge is 2.35. The fourth-order valence-electron chi connectivity index (χ4n) is 3.62. The van der Waals surface area contributed by atoms with Crippen LogP contribution >= 0.6 is 0 Å². The fraction of sp³-hybridized carbons (Fsp3) is 0.350. The molecule has 1 heterocycles. The van der Waals surface area contributed by atoms with Crippen LogP contribution in [0.4, 0.5) is 4.39 Å². The van der Waals surface area contributed by atoms with Crippen molar-refractivity contribution in [3.63, 3.8) is 0 Å². The number of ether oxygens (including phenoxy) is 2. The predicted molar refractivity (Wildman–Crippen MR) is 93.1 cm³/mol. The van der Waals surface area contributed by atoms with Gasteiger partial charge in [0, 0.05) is 17.0 Å². The van der Waals surface area contributed by atoms with E-state index in [-0.39, 0.29) is 11.2 Å². The zero-order chi connectivity index (χ0) is 17.2. The molecule has 3 nitrogen and oxygen atoms in total. The summed E-state index contributed by atoms with van der Waals surface area (Å²) in [7, 11) is 3.17. The Morgan fingerprint density at radius 3 is 2.50 bits per heavy atom. The van der Waals surface area contributed by atoms with E-state index in [1.165, 1.54) is 13.3 Å². The van der Waals surface area contributed by atoms with Gasteiger partial charge in [-0.25, -0.2) is 9.37 Å². The molecule has 0 unspecified atom stereocenters. The summed E-state index contributed by atoms with van der Waals surface area (Å²) in [6.45, 7) is 4.07. The lowest BCUT2D eigenvalue weighted by molar-refractivity contribution is 0.396. The van der Waals surface area contributed by atoms with Crippen molar-refractivity contribution in [1.29, 1.82) is 0 Å². The Kier molecular flexibility index (Phi) is 4.56. The lowest BCUT2D eigenvalue weighted by atomic mass is 9.75. The van der Waals surface area contributed by atoms with Crippen LogP contribution in [0.15, 0.2) is 43.1 Å². The number of hydrogen-bond donors (Lipinski definition) is 0. The molecule has 1 aliphatic rings. The SMILES string of the molecule is C=CC1(c2cc(OC)ccc2-c2cc(OC)ncc2F)CCCC1. The van der Waals surface area contributed by atoms with Crippen LogP contribution < -0.4 is 9.47 Å². The molecule has 2 aromatic rings. The number of methoxy groups -OCH3 is 2. The molecule has 1 saturated carbocycles. The normalized spacial score (nSPS) is 16.0. The van der Waals surface area contributed by atoms with E-state index in [4.69, 9.17) is 9.47 Å². The number of allylic oxidation sites excluding steroid dienone is 1. The first-order valence-electron chi connectivity index (χ1n) is 8.15. The molecule has 1 aromatic heterocycles. The molecule has 1 aromatic carbocycles. The number of benzene rings is 1. The van der Waals surface area contributed by atoms with Gasteiger partial charge in [-0.3, -0.25) is 0 Å². The van der Waals surface area contributed by atoms with E-state index in [2.05, 4.69) is 11.6 Å². The van der Waals surface area contributed by atoms with Gasteiger partial charge in [-0.15, -0.1) is 6.58 Å². The average Bonchev–Trinajstić information content (AvgIpc) is 3.12. The van der Waals surface area contributed by atoms with Gasteiger partial charge in [0.2, 0.25) is 5.88 Å². The second kappa shape index (κ2) is 6.63. The van der Waals surface area contributed by atoms with Crippen molar-refractivity contribution < 1.29 is 13.9 Å². The van der Waals surface area contributed by atoms with Crippen molar-refractivity contribution >= 4 is 0 Å². The van der Waals surface area contributed by atoms with Gasteiger partial charge in [0.15, 0.2) is 0 Å². The van der Waals surface area contributed by atoms with Crippen LogP contribution in [0.3, 0.4) is 0 Å². The van der Waals surface area contributed by atoms with E-state index < -0.39 is 0 Å². The molecule has 3 rings (SSSR count). The maximum atomic E-state index is 14.5. The Balaban J connectivity index is 2.23. The quantitative estimate of drug-likeness (QED) is 0.732. The van der Waals surface area contributed by atoms with Crippen molar-refractivity contribution in [2.24, 2.45) is 0 Å². The Labute approximate surface area is 142 Å². The molecule has 0 radical (unpaired) electrons. The van der Waals surface area contributed by atoms with Gasteiger partial charge in [-0.1, -0.05) is 25.0 Å². The molecular formula is C20H22FNO2. The van der Waals surface area contributed by atoms with Crippen molar-refractivity contribution in [3.8, 4) is 22.8 Å². The number of rotatable bonds is 5. The van der Waals surface area contributed by atoms with E-state index in [0.29, 0.717) is 11.4 Å². The molecule has 0 N–H and O–H groups in total. The third kappa shape index (κ3) is 2.77. The minimum absolute atomic E-state index is 0.146. The van der Waals surface area contributed by atoms with Gasteiger partial charge in [0.05, 0.1) is 20.4 Å². The van der Waals surface area contributed by atoms with Gasteiger partial charge in [-0.05, 0) is 36.1 Å². The highest BCUT2D eigenvalue weighted by molar-refractivity contribution is 5.72. The van der Waals surface area contributed by atoms with E-state index in [1.807, 2.05) is 24.3 Å². The van der Waals surface area contributed by atoms with Crippen LogP contribution in [0.5, 0.6) is 11.6 Å². The van der Waals surface area contributed by atoms with Crippen LogP contribution in [0.25, 0.3) is 11.1 Å². The third-order valence-corrected chi connectivity index (χ3v) is 4.98. The molecule has 126 valence electrons. The second-order valence-electron chi connectivity index (χ2n) is 6.19. The number of aromatic nitrogens is 1. The maximum Gasteiger partial charge on any atom is 0.213 e. The molecule has 1 aliphatic carbocycles. The van der Waals surface area contributed by atoms with E-state index >= 15 is 0 Å². The molecule has 0 bridgehead atoms. The van der Waals surface area contributed by atoms with Gasteiger partial charge in [-0.2, -0.15) is 0 Å². The summed E-state index contributed by atoms with van der Waals surface area (Å²) in [5, 5.41) is 0. The van der Waals surface area contributed by atoms with Crippen LogP contribution in [-0.2, 0) is 5.41 Å². The molecule has 24 heavy (non-hydrogen) atoms. The number of nitrogens with zero attached hydrogens (tertiary/aromatic N) is 1. The standard InChI is InChI=1S/C20H22FNO2/c1-4-20(9-5-6-10-20)17-11-14(23-2)7-8-15(17)16-12-19(24-3)22-13-18(16)21/h4,7-8,11-13H,1,5-6,9-10H2,2-3H3. The second-order valence-corrected chi connectivity index (χ2v) is 6.19. The lowest BCUT2D eigenvalue weighted by Crippen LogP contribution is -2.20. The minimum atomic E-state index is -0.362. The lowest BCUT2D eigenvalue weighted by Gasteiger charge is -2.29. The Morgan fingerprint density at radius 2 is 1.88 bits per heavy atom. The van der Waals surface area contributed by atoms with Crippen molar-refractivity contribution in [2.45, 2.75) is 31.1 Å². The Morgan fingerprint density at radius 1 is 1.12 bits per heavy atom. The van der Waals surface area contributed by atoms with Crippen LogP contribution in [0, 0.1) is 5.82 Å². The summed E-state index contributed by atoms with van der Waals surface area (Å²) in [4.78, 5) is 3.94. The first kappa shape index (κ1) is 16.5. The largest absolute Gasteiger partial charge is 0.497 e.